The van der Waals surface area contributed by atoms with Gasteiger partial charge < -0.3 is 21.5 Å². The molecule has 0 bridgehead atoms. The second-order valence-electron chi connectivity index (χ2n) is 5.54. The molecule has 2 aromatic rings. The molecule has 23 heavy (non-hydrogen) atoms. The largest absolute Gasteiger partial charge is 0.393 e. The zero-order valence-electron chi connectivity index (χ0n) is 12.6. The quantitative estimate of drug-likeness (QED) is 0.759. The lowest BCUT2D eigenvalue weighted by atomic mass is 10.0. The fourth-order valence-corrected chi connectivity index (χ4v) is 2.86. The highest BCUT2D eigenvalue weighted by Gasteiger charge is 2.22. The molecule has 0 aliphatic carbocycles. The third-order valence-electron chi connectivity index (χ3n) is 4.03. The lowest BCUT2D eigenvalue weighted by Gasteiger charge is -2.32. The number of aromatic nitrogens is 2. The van der Waals surface area contributed by atoms with E-state index in [-0.39, 0.29) is 23.4 Å². The molecule has 7 heteroatoms. The first-order chi connectivity index (χ1) is 11.1. The highest BCUT2D eigenvalue weighted by molar-refractivity contribution is 5.82. The highest BCUT2D eigenvalue weighted by atomic mass is 16.3. The summed E-state index contributed by atoms with van der Waals surface area (Å²) in [5, 5.41) is 19.1. The van der Waals surface area contributed by atoms with Crippen molar-refractivity contribution >= 4 is 17.5 Å². The van der Waals surface area contributed by atoms with Crippen LogP contribution in [-0.2, 0) is 0 Å². The predicted octanol–water partition coefficient (Wildman–Crippen LogP) is 1.14. The molecule has 0 radical (unpaired) electrons. The number of nitrogens with zero attached hydrogens (tertiary/aromatic N) is 4. The number of benzene rings is 1. The van der Waals surface area contributed by atoms with E-state index in [2.05, 4.69) is 20.9 Å². The van der Waals surface area contributed by atoms with E-state index in [9.17, 15) is 10.4 Å². The molecule has 0 saturated carbocycles. The molecule has 1 saturated heterocycles. The van der Waals surface area contributed by atoms with Crippen molar-refractivity contribution in [1.29, 1.82) is 5.26 Å². The van der Waals surface area contributed by atoms with Crippen LogP contribution in [0.1, 0.15) is 18.4 Å². The van der Waals surface area contributed by atoms with Gasteiger partial charge in [0.2, 0.25) is 5.95 Å². The van der Waals surface area contributed by atoms with Crippen molar-refractivity contribution in [2.24, 2.45) is 0 Å². The number of nitrogens with two attached hydrogens (primary N) is 2. The number of hydrogen-bond donors (Lipinski definition) is 3. The molecule has 0 atom stereocenters. The summed E-state index contributed by atoms with van der Waals surface area (Å²) < 4.78 is 0. The molecule has 1 aromatic carbocycles. The van der Waals surface area contributed by atoms with Gasteiger partial charge in [0.15, 0.2) is 0 Å². The molecular weight excluding hydrogens is 292 g/mol. The number of para-hydroxylation sites is 1. The molecule has 0 spiro atoms. The maximum Gasteiger partial charge on any atom is 0.222 e. The zero-order chi connectivity index (χ0) is 16.4. The average Bonchev–Trinajstić information content (AvgIpc) is 2.55. The van der Waals surface area contributed by atoms with Gasteiger partial charge in [-0.1, -0.05) is 18.2 Å². The first kappa shape index (κ1) is 15.1. The van der Waals surface area contributed by atoms with Crippen LogP contribution in [0.15, 0.2) is 24.3 Å². The van der Waals surface area contributed by atoms with Gasteiger partial charge in [-0.25, -0.2) is 4.98 Å². The standard InChI is InChI=1S/C16H18N6O/c17-9-12-14(20-16(19)21-15(12)18)11-3-1-2-4-13(11)22-7-5-10(23)6-8-22/h1-4,10,23H,5-8H2,(H4,18,19,20,21). The van der Waals surface area contributed by atoms with Gasteiger partial charge in [0.1, 0.15) is 17.5 Å². The van der Waals surface area contributed by atoms with Gasteiger partial charge in [0.05, 0.1) is 11.8 Å². The van der Waals surface area contributed by atoms with Crippen LogP contribution in [0.5, 0.6) is 0 Å². The van der Waals surface area contributed by atoms with E-state index in [0.717, 1.165) is 24.3 Å². The van der Waals surface area contributed by atoms with Crippen LogP contribution in [0.2, 0.25) is 0 Å². The summed E-state index contributed by atoms with van der Waals surface area (Å²) in [7, 11) is 0. The molecule has 1 aliphatic heterocycles. The number of aliphatic hydroxyl groups is 1. The van der Waals surface area contributed by atoms with Gasteiger partial charge >= 0.3 is 0 Å². The van der Waals surface area contributed by atoms with Gasteiger partial charge in [-0.15, -0.1) is 0 Å². The molecule has 2 heterocycles. The van der Waals surface area contributed by atoms with Crippen molar-refractivity contribution in [2.45, 2.75) is 18.9 Å². The Morgan fingerprint density at radius 2 is 1.87 bits per heavy atom. The number of hydrogen-bond acceptors (Lipinski definition) is 7. The Morgan fingerprint density at radius 3 is 2.57 bits per heavy atom. The Balaban J connectivity index is 2.10. The van der Waals surface area contributed by atoms with Crippen LogP contribution >= 0.6 is 0 Å². The molecule has 118 valence electrons. The summed E-state index contributed by atoms with van der Waals surface area (Å²) in [6.45, 7) is 1.49. The summed E-state index contributed by atoms with van der Waals surface area (Å²) in [6.07, 6.45) is 1.18. The van der Waals surface area contributed by atoms with Crippen LogP contribution in [0, 0.1) is 11.3 Å². The van der Waals surface area contributed by atoms with Crippen molar-refractivity contribution in [3.8, 4) is 17.3 Å². The van der Waals surface area contributed by atoms with Crippen molar-refractivity contribution in [3.05, 3.63) is 29.8 Å². The molecule has 1 aliphatic rings. The SMILES string of the molecule is N#Cc1c(N)nc(N)nc1-c1ccccc1N1CCC(O)CC1. The first-order valence-electron chi connectivity index (χ1n) is 7.45. The lowest BCUT2D eigenvalue weighted by Crippen LogP contribution is -2.36. The normalized spacial score (nSPS) is 15.4. The van der Waals surface area contributed by atoms with Gasteiger partial charge in [-0.2, -0.15) is 10.2 Å². The van der Waals surface area contributed by atoms with Crippen LogP contribution in [0.3, 0.4) is 0 Å². The lowest BCUT2D eigenvalue weighted by molar-refractivity contribution is 0.145. The molecule has 0 unspecified atom stereocenters. The van der Waals surface area contributed by atoms with E-state index in [4.69, 9.17) is 11.5 Å². The van der Waals surface area contributed by atoms with Crippen molar-refractivity contribution < 1.29 is 5.11 Å². The predicted molar refractivity (Wildman–Crippen MR) is 88.5 cm³/mol. The van der Waals surface area contributed by atoms with Gasteiger partial charge in [0, 0.05) is 24.3 Å². The van der Waals surface area contributed by atoms with Crippen molar-refractivity contribution in [2.75, 3.05) is 29.5 Å². The third-order valence-corrected chi connectivity index (χ3v) is 4.03. The number of nitriles is 1. The summed E-state index contributed by atoms with van der Waals surface area (Å²) in [4.78, 5) is 10.3. The highest BCUT2D eigenvalue weighted by Crippen LogP contribution is 2.34. The zero-order valence-corrected chi connectivity index (χ0v) is 12.6. The Labute approximate surface area is 134 Å². The van der Waals surface area contributed by atoms with E-state index >= 15 is 0 Å². The van der Waals surface area contributed by atoms with Crippen molar-refractivity contribution in [3.63, 3.8) is 0 Å². The minimum atomic E-state index is -0.251. The minimum Gasteiger partial charge on any atom is -0.393 e. The second kappa shape index (κ2) is 6.10. The molecule has 1 aromatic heterocycles. The molecule has 7 nitrogen and oxygen atoms in total. The van der Waals surface area contributed by atoms with E-state index in [0.29, 0.717) is 18.5 Å². The molecule has 5 N–H and O–H groups in total. The molecular formula is C16H18N6O. The molecule has 3 rings (SSSR count). The Kier molecular flexibility index (Phi) is 4.00. The van der Waals surface area contributed by atoms with Gasteiger partial charge in [-0.05, 0) is 18.9 Å². The van der Waals surface area contributed by atoms with E-state index in [1.165, 1.54) is 0 Å². The Morgan fingerprint density at radius 1 is 1.17 bits per heavy atom. The Bertz CT molecular complexity index is 762. The summed E-state index contributed by atoms with van der Waals surface area (Å²) in [5.74, 6) is 0.124. The number of nitrogen functional groups attached to an aromatic ring is 2. The fourth-order valence-electron chi connectivity index (χ4n) is 2.86. The topological polar surface area (TPSA) is 125 Å². The number of piperidine rings is 1. The summed E-state index contributed by atoms with van der Waals surface area (Å²) in [6, 6.07) is 9.75. The van der Waals surface area contributed by atoms with Crippen LogP contribution < -0.4 is 16.4 Å². The maximum atomic E-state index is 9.69. The van der Waals surface area contributed by atoms with Crippen molar-refractivity contribution in [1.82, 2.24) is 9.97 Å². The smallest absolute Gasteiger partial charge is 0.222 e. The number of aliphatic hydroxyl groups excluding tert-OH is 1. The van der Waals surface area contributed by atoms with E-state index < -0.39 is 0 Å². The molecule has 0 amide bonds. The van der Waals surface area contributed by atoms with Crippen LogP contribution in [0.25, 0.3) is 11.3 Å². The first-order valence-corrected chi connectivity index (χ1v) is 7.45. The summed E-state index contributed by atoms with van der Waals surface area (Å²) >= 11 is 0. The minimum absolute atomic E-state index is 0.0420. The Hall–Kier alpha value is -2.85. The summed E-state index contributed by atoms with van der Waals surface area (Å²) in [5.41, 5.74) is 13.9. The van der Waals surface area contributed by atoms with Crippen LogP contribution in [-0.4, -0.2) is 34.3 Å². The molecule has 1 fully saturated rings. The second-order valence-corrected chi connectivity index (χ2v) is 5.54. The van der Waals surface area contributed by atoms with E-state index in [1.807, 2.05) is 24.3 Å². The third kappa shape index (κ3) is 2.89. The monoisotopic (exact) mass is 310 g/mol. The maximum absolute atomic E-state index is 9.69. The van der Waals surface area contributed by atoms with Gasteiger partial charge in [0.25, 0.3) is 0 Å². The van der Waals surface area contributed by atoms with E-state index in [1.54, 1.807) is 0 Å². The van der Waals surface area contributed by atoms with Gasteiger partial charge in [-0.3, -0.25) is 0 Å². The van der Waals surface area contributed by atoms with Crippen LogP contribution in [0.4, 0.5) is 17.5 Å². The average molecular weight is 310 g/mol. The number of rotatable bonds is 2. The fraction of sp³-hybridized carbons (Fsp3) is 0.312. The number of anilines is 3.